The summed E-state index contributed by atoms with van der Waals surface area (Å²) in [5, 5.41) is 3.26. The minimum Gasteiger partial charge on any atom is -0.465 e. The molecule has 1 heterocycles. The highest BCUT2D eigenvalue weighted by Crippen LogP contribution is 2.24. The van der Waals surface area contributed by atoms with E-state index in [4.69, 9.17) is 9.15 Å². The standard InChI is InChI=1S/C13H21NO2/c1-3-14-8-13-7-11(10(2)16-13)9-15-12-5-4-6-12/h7,12,14H,3-6,8-9H2,1-2H3. The molecule has 3 heteroatoms. The third-order valence-electron chi connectivity index (χ3n) is 3.15. The van der Waals surface area contributed by atoms with E-state index in [9.17, 15) is 0 Å². The Balaban J connectivity index is 1.84. The predicted molar refractivity (Wildman–Crippen MR) is 63.3 cm³/mol. The van der Waals surface area contributed by atoms with Crippen LogP contribution in [0.1, 0.15) is 43.3 Å². The number of ether oxygens (including phenoxy) is 1. The molecule has 0 radical (unpaired) electrons. The molecule has 3 nitrogen and oxygen atoms in total. The van der Waals surface area contributed by atoms with Crippen LogP contribution in [0.2, 0.25) is 0 Å². The SMILES string of the molecule is CCNCc1cc(COC2CCC2)c(C)o1. The summed E-state index contributed by atoms with van der Waals surface area (Å²) >= 11 is 0. The van der Waals surface area contributed by atoms with E-state index in [1.165, 1.54) is 24.8 Å². The van der Waals surface area contributed by atoms with Crippen molar-refractivity contribution in [3.63, 3.8) is 0 Å². The molecule has 16 heavy (non-hydrogen) atoms. The lowest BCUT2D eigenvalue weighted by molar-refractivity contribution is -0.00908. The molecule has 0 unspecified atom stereocenters. The number of furan rings is 1. The molecule has 0 amide bonds. The molecule has 0 aliphatic heterocycles. The highest BCUT2D eigenvalue weighted by Gasteiger charge is 2.18. The molecule has 1 aromatic rings. The lowest BCUT2D eigenvalue weighted by Crippen LogP contribution is -2.21. The number of hydrogen-bond donors (Lipinski definition) is 1. The Morgan fingerprint density at radius 1 is 1.50 bits per heavy atom. The van der Waals surface area contributed by atoms with Gasteiger partial charge in [0.15, 0.2) is 0 Å². The van der Waals surface area contributed by atoms with Gasteiger partial charge in [-0.3, -0.25) is 0 Å². The van der Waals surface area contributed by atoms with Gasteiger partial charge in [-0.05, 0) is 38.8 Å². The summed E-state index contributed by atoms with van der Waals surface area (Å²) in [6.07, 6.45) is 4.26. The van der Waals surface area contributed by atoms with Gasteiger partial charge in [0, 0.05) is 5.56 Å². The van der Waals surface area contributed by atoms with Gasteiger partial charge >= 0.3 is 0 Å². The number of rotatable bonds is 6. The lowest BCUT2D eigenvalue weighted by atomic mass is 9.96. The van der Waals surface area contributed by atoms with Crippen LogP contribution in [0, 0.1) is 6.92 Å². The molecular weight excluding hydrogens is 202 g/mol. The van der Waals surface area contributed by atoms with E-state index in [-0.39, 0.29) is 0 Å². The van der Waals surface area contributed by atoms with Crippen molar-refractivity contribution < 1.29 is 9.15 Å². The van der Waals surface area contributed by atoms with Gasteiger partial charge in [0.05, 0.1) is 19.3 Å². The fraction of sp³-hybridized carbons (Fsp3) is 0.692. The van der Waals surface area contributed by atoms with Crippen LogP contribution in [-0.2, 0) is 17.9 Å². The minimum absolute atomic E-state index is 0.492. The first-order chi connectivity index (χ1) is 7.79. The smallest absolute Gasteiger partial charge is 0.118 e. The zero-order valence-electron chi connectivity index (χ0n) is 10.2. The van der Waals surface area contributed by atoms with Crippen molar-refractivity contribution in [1.82, 2.24) is 5.32 Å². The summed E-state index contributed by atoms with van der Waals surface area (Å²) in [6.45, 7) is 6.58. The van der Waals surface area contributed by atoms with Crippen molar-refractivity contribution >= 4 is 0 Å². The molecule has 1 saturated carbocycles. The second-order valence-electron chi connectivity index (χ2n) is 4.44. The van der Waals surface area contributed by atoms with Gasteiger partial charge in [0.2, 0.25) is 0 Å². The molecule has 1 aliphatic carbocycles. The average Bonchev–Trinajstić information content (AvgIpc) is 2.54. The first kappa shape index (κ1) is 11.7. The molecule has 0 spiro atoms. The van der Waals surface area contributed by atoms with E-state index in [0.29, 0.717) is 12.7 Å². The Hall–Kier alpha value is -0.800. The number of nitrogens with one attached hydrogen (secondary N) is 1. The van der Waals surface area contributed by atoms with Crippen LogP contribution < -0.4 is 5.32 Å². The number of aryl methyl sites for hydroxylation is 1. The Kier molecular flexibility index (Phi) is 4.02. The topological polar surface area (TPSA) is 34.4 Å². The molecule has 0 atom stereocenters. The Bertz CT molecular complexity index is 329. The molecule has 0 bridgehead atoms. The van der Waals surface area contributed by atoms with Crippen molar-refractivity contribution in [3.05, 3.63) is 23.2 Å². The quantitative estimate of drug-likeness (QED) is 0.805. The number of hydrogen-bond acceptors (Lipinski definition) is 3. The first-order valence-corrected chi connectivity index (χ1v) is 6.20. The maximum Gasteiger partial charge on any atom is 0.118 e. The normalized spacial score (nSPS) is 16.4. The molecule has 1 aliphatic rings. The maximum absolute atomic E-state index is 5.78. The van der Waals surface area contributed by atoms with E-state index in [2.05, 4.69) is 18.3 Å². The fourth-order valence-electron chi connectivity index (χ4n) is 1.81. The van der Waals surface area contributed by atoms with Crippen LogP contribution in [-0.4, -0.2) is 12.6 Å². The third kappa shape index (κ3) is 2.86. The second-order valence-corrected chi connectivity index (χ2v) is 4.44. The summed E-state index contributed by atoms with van der Waals surface area (Å²) in [4.78, 5) is 0. The van der Waals surface area contributed by atoms with Crippen LogP contribution >= 0.6 is 0 Å². The highest BCUT2D eigenvalue weighted by atomic mass is 16.5. The Morgan fingerprint density at radius 3 is 2.94 bits per heavy atom. The van der Waals surface area contributed by atoms with Crippen molar-refractivity contribution in [2.75, 3.05) is 6.54 Å². The largest absolute Gasteiger partial charge is 0.465 e. The maximum atomic E-state index is 5.78. The molecule has 2 rings (SSSR count). The van der Waals surface area contributed by atoms with Gasteiger partial charge in [0.1, 0.15) is 11.5 Å². The summed E-state index contributed by atoms with van der Waals surface area (Å²) < 4.78 is 11.4. The monoisotopic (exact) mass is 223 g/mol. The van der Waals surface area contributed by atoms with Crippen molar-refractivity contribution in [3.8, 4) is 0 Å². The first-order valence-electron chi connectivity index (χ1n) is 6.20. The van der Waals surface area contributed by atoms with Gasteiger partial charge < -0.3 is 14.5 Å². The summed E-state index contributed by atoms with van der Waals surface area (Å²) in [6, 6.07) is 2.11. The van der Waals surface area contributed by atoms with Crippen molar-refractivity contribution in [2.24, 2.45) is 0 Å². The molecule has 0 saturated heterocycles. The van der Waals surface area contributed by atoms with Gasteiger partial charge in [-0.2, -0.15) is 0 Å². The van der Waals surface area contributed by atoms with Gasteiger partial charge in [-0.25, -0.2) is 0 Å². The van der Waals surface area contributed by atoms with E-state index < -0.39 is 0 Å². The van der Waals surface area contributed by atoms with E-state index in [0.717, 1.165) is 24.6 Å². The highest BCUT2D eigenvalue weighted by molar-refractivity contribution is 5.20. The molecular formula is C13H21NO2. The van der Waals surface area contributed by atoms with Gasteiger partial charge in [0.25, 0.3) is 0 Å². The summed E-state index contributed by atoms with van der Waals surface area (Å²) in [5.74, 6) is 2.00. The Labute approximate surface area is 97.2 Å². The average molecular weight is 223 g/mol. The lowest BCUT2D eigenvalue weighted by Gasteiger charge is -2.25. The van der Waals surface area contributed by atoms with Crippen molar-refractivity contribution in [1.29, 1.82) is 0 Å². The van der Waals surface area contributed by atoms with Crippen LogP contribution in [0.3, 0.4) is 0 Å². The van der Waals surface area contributed by atoms with Crippen LogP contribution in [0.4, 0.5) is 0 Å². The molecule has 0 aromatic carbocycles. The van der Waals surface area contributed by atoms with E-state index >= 15 is 0 Å². The van der Waals surface area contributed by atoms with E-state index in [1.807, 2.05) is 6.92 Å². The predicted octanol–water partition coefficient (Wildman–Crippen LogP) is 2.77. The zero-order valence-corrected chi connectivity index (χ0v) is 10.2. The molecule has 1 aromatic heterocycles. The van der Waals surface area contributed by atoms with E-state index in [1.54, 1.807) is 0 Å². The Morgan fingerprint density at radius 2 is 2.31 bits per heavy atom. The van der Waals surface area contributed by atoms with Crippen LogP contribution in [0.15, 0.2) is 10.5 Å². The zero-order chi connectivity index (χ0) is 11.4. The molecule has 90 valence electrons. The minimum atomic E-state index is 0.492. The summed E-state index contributed by atoms with van der Waals surface area (Å²) in [5.41, 5.74) is 1.19. The van der Waals surface area contributed by atoms with Crippen LogP contribution in [0.5, 0.6) is 0 Å². The summed E-state index contributed by atoms with van der Waals surface area (Å²) in [7, 11) is 0. The fourth-order valence-corrected chi connectivity index (χ4v) is 1.81. The van der Waals surface area contributed by atoms with Gasteiger partial charge in [-0.15, -0.1) is 0 Å². The van der Waals surface area contributed by atoms with Gasteiger partial charge in [-0.1, -0.05) is 6.92 Å². The third-order valence-corrected chi connectivity index (χ3v) is 3.15. The molecule has 1 N–H and O–H groups in total. The van der Waals surface area contributed by atoms with Crippen molar-refractivity contribution in [2.45, 2.75) is 52.4 Å². The second kappa shape index (κ2) is 5.51. The van der Waals surface area contributed by atoms with Crippen LogP contribution in [0.25, 0.3) is 0 Å². The molecule has 1 fully saturated rings.